The van der Waals surface area contributed by atoms with Gasteiger partial charge in [0, 0.05) is 6.54 Å². The Morgan fingerprint density at radius 3 is 3.06 bits per heavy atom. The van der Waals surface area contributed by atoms with Crippen LogP contribution in [0.3, 0.4) is 0 Å². The zero-order valence-electron chi connectivity index (χ0n) is 10.3. The van der Waals surface area contributed by atoms with Crippen LogP contribution >= 0.6 is 11.3 Å². The quantitative estimate of drug-likeness (QED) is 0.798. The van der Waals surface area contributed by atoms with E-state index in [2.05, 4.69) is 20.4 Å². The number of hydrogen-bond donors (Lipinski definition) is 2. The molecule has 0 saturated carbocycles. The number of amides is 1. The van der Waals surface area contributed by atoms with Gasteiger partial charge in [0.25, 0.3) is 0 Å². The number of hydrogen-bond acceptors (Lipinski definition) is 6. The SMILES string of the molecule is COC(=O)c1sc(NC2CCCNC2=O)nc1C. The van der Waals surface area contributed by atoms with Gasteiger partial charge in [0.15, 0.2) is 5.13 Å². The van der Waals surface area contributed by atoms with E-state index in [4.69, 9.17) is 0 Å². The minimum Gasteiger partial charge on any atom is -0.465 e. The number of nitrogens with zero attached hydrogens (tertiary/aromatic N) is 1. The van der Waals surface area contributed by atoms with E-state index in [1.165, 1.54) is 18.4 Å². The van der Waals surface area contributed by atoms with Crippen LogP contribution in [0.5, 0.6) is 0 Å². The largest absolute Gasteiger partial charge is 0.465 e. The topological polar surface area (TPSA) is 80.3 Å². The van der Waals surface area contributed by atoms with Crippen LogP contribution < -0.4 is 10.6 Å². The maximum Gasteiger partial charge on any atom is 0.350 e. The smallest absolute Gasteiger partial charge is 0.350 e. The summed E-state index contributed by atoms with van der Waals surface area (Å²) < 4.78 is 4.67. The molecule has 1 atom stereocenters. The molecular formula is C11H15N3O3S. The Bertz CT molecular complexity index is 472. The highest BCUT2D eigenvalue weighted by molar-refractivity contribution is 7.17. The van der Waals surface area contributed by atoms with Crippen molar-refractivity contribution in [3.8, 4) is 0 Å². The van der Waals surface area contributed by atoms with Gasteiger partial charge in [-0.25, -0.2) is 9.78 Å². The van der Waals surface area contributed by atoms with Crippen LogP contribution in [0.15, 0.2) is 0 Å². The average Bonchev–Trinajstić information content (AvgIpc) is 2.72. The standard InChI is InChI=1S/C11H15N3O3S/c1-6-8(10(16)17-2)18-11(13-6)14-7-4-3-5-12-9(7)15/h7H,3-5H2,1-2H3,(H,12,15)(H,13,14). The fourth-order valence-corrected chi connectivity index (χ4v) is 2.74. The molecule has 0 radical (unpaired) electrons. The van der Waals surface area contributed by atoms with E-state index >= 15 is 0 Å². The molecule has 2 heterocycles. The molecule has 0 aromatic carbocycles. The number of nitrogens with one attached hydrogen (secondary N) is 2. The molecule has 1 unspecified atom stereocenters. The van der Waals surface area contributed by atoms with Crippen molar-refractivity contribution in [3.63, 3.8) is 0 Å². The second kappa shape index (κ2) is 5.34. The van der Waals surface area contributed by atoms with E-state index in [0.29, 0.717) is 15.7 Å². The Morgan fingerprint density at radius 2 is 2.39 bits per heavy atom. The number of aryl methyl sites for hydroxylation is 1. The zero-order chi connectivity index (χ0) is 13.1. The van der Waals surface area contributed by atoms with Gasteiger partial charge in [-0.15, -0.1) is 0 Å². The van der Waals surface area contributed by atoms with Crippen molar-refractivity contribution in [2.24, 2.45) is 0 Å². The third-order valence-electron chi connectivity index (χ3n) is 2.75. The van der Waals surface area contributed by atoms with Crippen LogP contribution in [-0.2, 0) is 9.53 Å². The van der Waals surface area contributed by atoms with E-state index in [1.807, 2.05) is 0 Å². The Kier molecular flexibility index (Phi) is 3.81. The molecule has 0 spiro atoms. The summed E-state index contributed by atoms with van der Waals surface area (Å²) in [6.07, 6.45) is 1.72. The molecule has 2 N–H and O–H groups in total. The van der Waals surface area contributed by atoms with Gasteiger partial charge in [-0.2, -0.15) is 0 Å². The van der Waals surface area contributed by atoms with E-state index in [0.717, 1.165) is 19.4 Å². The maximum absolute atomic E-state index is 11.6. The lowest BCUT2D eigenvalue weighted by Crippen LogP contribution is -2.44. The van der Waals surface area contributed by atoms with Gasteiger partial charge in [-0.3, -0.25) is 4.79 Å². The minimum atomic E-state index is -0.397. The molecule has 1 aromatic heterocycles. The normalized spacial score (nSPS) is 19.2. The third kappa shape index (κ3) is 2.61. The van der Waals surface area contributed by atoms with Crippen LogP contribution in [0.4, 0.5) is 5.13 Å². The number of anilines is 1. The van der Waals surface area contributed by atoms with Gasteiger partial charge in [0.05, 0.1) is 12.8 Å². The highest BCUT2D eigenvalue weighted by atomic mass is 32.1. The van der Waals surface area contributed by atoms with Gasteiger partial charge in [0.1, 0.15) is 10.9 Å². The lowest BCUT2D eigenvalue weighted by Gasteiger charge is -2.22. The summed E-state index contributed by atoms with van der Waals surface area (Å²) in [5.74, 6) is -0.417. The van der Waals surface area contributed by atoms with Crippen molar-refractivity contribution in [2.45, 2.75) is 25.8 Å². The average molecular weight is 269 g/mol. The van der Waals surface area contributed by atoms with Gasteiger partial charge in [-0.1, -0.05) is 11.3 Å². The Labute approximate surface area is 109 Å². The van der Waals surface area contributed by atoms with Crippen LogP contribution in [0.2, 0.25) is 0 Å². The molecule has 6 nitrogen and oxygen atoms in total. The lowest BCUT2D eigenvalue weighted by molar-refractivity contribution is -0.123. The second-order valence-corrected chi connectivity index (χ2v) is 5.05. The maximum atomic E-state index is 11.6. The molecule has 1 aliphatic heterocycles. The molecule has 0 aliphatic carbocycles. The summed E-state index contributed by atoms with van der Waals surface area (Å²) in [4.78, 5) is 27.7. The monoisotopic (exact) mass is 269 g/mol. The predicted octanol–water partition coefficient (Wildman–Crippen LogP) is 0.929. The second-order valence-electron chi connectivity index (χ2n) is 4.06. The first kappa shape index (κ1) is 12.8. The molecular weight excluding hydrogens is 254 g/mol. The van der Waals surface area contributed by atoms with Crippen LogP contribution in [0.1, 0.15) is 28.2 Å². The number of carbonyl (C=O) groups excluding carboxylic acids is 2. The third-order valence-corrected chi connectivity index (χ3v) is 3.82. The predicted molar refractivity (Wildman–Crippen MR) is 67.8 cm³/mol. The number of carbonyl (C=O) groups is 2. The van der Waals surface area contributed by atoms with Crippen LogP contribution in [0.25, 0.3) is 0 Å². The molecule has 1 saturated heterocycles. The number of esters is 1. The summed E-state index contributed by atoms with van der Waals surface area (Å²) >= 11 is 1.21. The first-order chi connectivity index (χ1) is 8.61. The number of methoxy groups -OCH3 is 1. The van der Waals surface area contributed by atoms with Crippen LogP contribution in [0, 0.1) is 6.92 Å². The van der Waals surface area contributed by atoms with E-state index in [1.54, 1.807) is 6.92 Å². The van der Waals surface area contributed by atoms with Crippen molar-refractivity contribution >= 4 is 28.3 Å². The molecule has 7 heteroatoms. The van der Waals surface area contributed by atoms with Crippen LogP contribution in [-0.4, -0.2) is 36.6 Å². The van der Waals surface area contributed by atoms with Gasteiger partial charge in [0.2, 0.25) is 5.91 Å². The number of thiazole rings is 1. The zero-order valence-corrected chi connectivity index (χ0v) is 11.1. The summed E-state index contributed by atoms with van der Waals surface area (Å²) in [6, 6.07) is -0.269. The number of rotatable bonds is 3. The molecule has 1 aliphatic rings. The van der Waals surface area contributed by atoms with Gasteiger partial charge < -0.3 is 15.4 Å². The lowest BCUT2D eigenvalue weighted by atomic mass is 10.1. The summed E-state index contributed by atoms with van der Waals surface area (Å²) in [5, 5.41) is 6.43. The Balaban J connectivity index is 2.10. The summed E-state index contributed by atoms with van der Waals surface area (Å²) in [6.45, 7) is 2.47. The molecule has 1 amide bonds. The fourth-order valence-electron chi connectivity index (χ4n) is 1.80. The van der Waals surface area contributed by atoms with Gasteiger partial charge >= 0.3 is 5.97 Å². The molecule has 1 fully saturated rings. The minimum absolute atomic E-state index is 0.0197. The number of piperidine rings is 1. The van der Waals surface area contributed by atoms with Gasteiger partial charge in [-0.05, 0) is 19.8 Å². The van der Waals surface area contributed by atoms with Crippen molar-refractivity contribution in [3.05, 3.63) is 10.6 Å². The number of ether oxygens (including phenoxy) is 1. The van der Waals surface area contributed by atoms with Crippen molar-refractivity contribution in [2.75, 3.05) is 19.0 Å². The van der Waals surface area contributed by atoms with Crippen molar-refractivity contribution in [1.82, 2.24) is 10.3 Å². The molecule has 2 rings (SSSR count). The highest BCUT2D eigenvalue weighted by Gasteiger charge is 2.24. The first-order valence-corrected chi connectivity index (χ1v) is 6.53. The summed E-state index contributed by atoms with van der Waals surface area (Å²) in [5.41, 5.74) is 0.616. The van der Waals surface area contributed by atoms with E-state index in [-0.39, 0.29) is 11.9 Å². The highest BCUT2D eigenvalue weighted by Crippen LogP contribution is 2.24. The summed E-state index contributed by atoms with van der Waals surface area (Å²) in [7, 11) is 1.34. The molecule has 18 heavy (non-hydrogen) atoms. The van der Waals surface area contributed by atoms with Crippen molar-refractivity contribution < 1.29 is 14.3 Å². The molecule has 1 aromatic rings. The Morgan fingerprint density at radius 1 is 1.61 bits per heavy atom. The molecule has 98 valence electrons. The van der Waals surface area contributed by atoms with E-state index < -0.39 is 5.97 Å². The van der Waals surface area contributed by atoms with Crippen molar-refractivity contribution in [1.29, 1.82) is 0 Å². The molecule has 0 bridgehead atoms. The first-order valence-electron chi connectivity index (χ1n) is 5.72. The fraction of sp³-hybridized carbons (Fsp3) is 0.545. The van der Waals surface area contributed by atoms with E-state index in [9.17, 15) is 9.59 Å². The number of aromatic nitrogens is 1. The Hall–Kier alpha value is -1.63.